The molecule has 0 atom stereocenters. The van der Waals surface area contributed by atoms with Crippen LogP contribution in [0.25, 0.3) is 0 Å². The van der Waals surface area contributed by atoms with Gasteiger partial charge in [0.25, 0.3) is 0 Å². The van der Waals surface area contributed by atoms with Gasteiger partial charge < -0.3 is 10.6 Å². The topological polar surface area (TPSA) is 80.8 Å². The molecule has 0 aliphatic carbocycles. The van der Waals surface area contributed by atoms with Gasteiger partial charge >= 0.3 is 0 Å². The Hall–Kier alpha value is -1.41. The summed E-state index contributed by atoms with van der Waals surface area (Å²) in [4.78, 5) is 10.00. The predicted octanol–water partition coefficient (Wildman–Crippen LogP) is 1.13. The van der Waals surface area contributed by atoms with Crippen LogP contribution in [0.1, 0.15) is 0 Å². The zero-order chi connectivity index (χ0) is 11.5. The number of nitrogens with zero attached hydrogens (tertiary/aromatic N) is 5. The SMILES string of the molecule is CN(C)c1nnc(Sc2cncc(N)n2)s1. The van der Waals surface area contributed by atoms with Gasteiger partial charge in [0.1, 0.15) is 10.8 Å². The third-order valence-corrected chi connectivity index (χ3v) is 3.65. The van der Waals surface area contributed by atoms with E-state index in [4.69, 9.17) is 5.73 Å². The van der Waals surface area contributed by atoms with Crippen molar-refractivity contribution in [2.24, 2.45) is 0 Å². The lowest BCUT2D eigenvalue weighted by Gasteiger charge is -2.03. The summed E-state index contributed by atoms with van der Waals surface area (Å²) < 4.78 is 0.823. The van der Waals surface area contributed by atoms with Crippen molar-refractivity contribution in [2.75, 3.05) is 24.7 Å². The van der Waals surface area contributed by atoms with E-state index < -0.39 is 0 Å². The number of nitrogen functional groups attached to an aromatic ring is 1. The van der Waals surface area contributed by atoms with E-state index in [0.717, 1.165) is 14.5 Å². The molecule has 0 aliphatic rings. The van der Waals surface area contributed by atoms with Gasteiger partial charge in [-0.25, -0.2) is 4.98 Å². The number of nitrogens with two attached hydrogens (primary N) is 1. The van der Waals surface area contributed by atoms with E-state index in [1.165, 1.54) is 29.3 Å². The Bertz CT molecular complexity index is 483. The van der Waals surface area contributed by atoms with Crippen molar-refractivity contribution in [3.63, 3.8) is 0 Å². The number of rotatable bonds is 3. The molecule has 16 heavy (non-hydrogen) atoms. The average molecular weight is 254 g/mol. The maximum Gasteiger partial charge on any atom is 0.208 e. The molecule has 2 heterocycles. The summed E-state index contributed by atoms with van der Waals surface area (Å²) >= 11 is 2.90. The molecule has 0 spiro atoms. The first kappa shape index (κ1) is 11.1. The minimum Gasteiger partial charge on any atom is -0.382 e. The van der Waals surface area contributed by atoms with Crippen molar-refractivity contribution in [1.29, 1.82) is 0 Å². The van der Waals surface area contributed by atoms with Gasteiger partial charge in [0.2, 0.25) is 5.13 Å². The number of anilines is 2. The second kappa shape index (κ2) is 4.62. The molecule has 0 fully saturated rings. The summed E-state index contributed by atoms with van der Waals surface area (Å²) in [6.07, 6.45) is 3.16. The maximum absolute atomic E-state index is 5.54. The average Bonchev–Trinajstić information content (AvgIpc) is 2.66. The maximum atomic E-state index is 5.54. The second-order valence-corrected chi connectivity index (χ2v) is 5.35. The highest BCUT2D eigenvalue weighted by atomic mass is 32.2. The van der Waals surface area contributed by atoms with Crippen LogP contribution >= 0.6 is 23.1 Å². The molecule has 0 unspecified atom stereocenters. The van der Waals surface area contributed by atoms with Crippen LogP contribution in [-0.2, 0) is 0 Å². The fourth-order valence-electron chi connectivity index (χ4n) is 0.925. The van der Waals surface area contributed by atoms with Gasteiger partial charge in [-0.2, -0.15) is 0 Å². The molecule has 0 saturated heterocycles. The van der Waals surface area contributed by atoms with Crippen LogP contribution in [0.4, 0.5) is 10.9 Å². The predicted molar refractivity (Wildman–Crippen MR) is 64.8 cm³/mol. The highest BCUT2D eigenvalue weighted by Gasteiger charge is 2.08. The van der Waals surface area contributed by atoms with Crippen LogP contribution in [-0.4, -0.2) is 34.3 Å². The van der Waals surface area contributed by atoms with E-state index in [1.54, 1.807) is 6.20 Å². The number of hydrogen-bond donors (Lipinski definition) is 1. The largest absolute Gasteiger partial charge is 0.382 e. The number of aromatic nitrogens is 4. The van der Waals surface area contributed by atoms with Crippen molar-refractivity contribution in [2.45, 2.75) is 9.37 Å². The van der Waals surface area contributed by atoms with E-state index >= 15 is 0 Å². The highest BCUT2D eigenvalue weighted by Crippen LogP contribution is 2.31. The van der Waals surface area contributed by atoms with E-state index in [1.807, 2.05) is 19.0 Å². The molecule has 0 amide bonds. The van der Waals surface area contributed by atoms with Gasteiger partial charge in [-0.05, 0) is 11.8 Å². The second-order valence-electron chi connectivity index (χ2n) is 3.13. The molecular formula is C8H10N6S2. The van der Waals surface area contributed by atoms with Crippen molar-refractivity contribution >= 4 is 34.0 Å². The minimum absolute atomic E-state index is 0.405. The molecule has 6 nitrogen and oxygen atoms in total. The Morgan fingerprint density at radius 2 is 2.12 bits per heavy atom. The van der Waals surface area contributed by atoms with Crippen molar-refractivity contribution in [3.8, 4) is 0 Å². The molecule has 0 aromatic carbocycles. The Labute approximate surface area is 101 Å². The normalized spacial score (nSPS) is 10.4. The lowest BCUT2D eigenvalue weighted by Crippen LogP contribution is -2.07. The molecule has 2 N–H and O–H groups in total. The highest BCUT2D eigenvalue weighted by molar-refractivity contribution is 8.01. The lowest BCUT2D eigenvalue weighted by atomic mass is 10.7. The van der Waals surface area contributed by atoms with Gasteiger partial charge in [-0.15, -0.1) is 10.2 Å². The van der Waals surface area contributed by atoms with Crippen molar-refractivity contribution in [1.82, 2.24) is 20.2 Å². The Balaban J connectivity index is 2.14. The zero-order valence-corrected chi connectivity index (χ0v) is 10.4. The molecule has 0 saturated carbocycles. The first-order valence-corrected chi connectivity index (χ1v) is 6.04. The molecule has 2 aromatic heterocycles. The first-order chi connectivity index (χ1) is 7.65. The van der Waals surface area contributed by atoms with Crippen LogP contribution in [0.2, 0.25) is 0 Å². The fourth-order valence-corrected chi connectivity index (χ4v) is 2.60. The third kappa shape index (κ3) is 2.58. The standard InChI is InChI=1S/C8H10N6S2/c1-14(2)7-12-13-8(16-7)15-6-4-10-3-5(9)11-6/h3-4H,1-2H3,(H2,9,11). The first-order valence-electron chi connectivity index (χ1n) is 4.41. The molecule has 2 rings (SSSR count). The minimum atomic E-state index is 0.405. The van der Waals surface area contributed by atoms with Crippen LogP contribution in [0, 0.1) is 0 Å². The Morgan fingerprint density at radius 1 is 1.31 bits per heavy atom. The summed E-state index contributed by atoms with van der Waals surface area (Å²) in [7, 11) is 3.85. The molecular weight excluding hydrogens is 244 g/mol. The summed E-state index contributed by atoms with van der Waals surface area (Å²) in [6.45, 7) is 0. The number of hydrogen-bond acceptors (Lipinski definition) is 8. The van der Waals surface area contributed by atoms with Gasteiger partial charge in [0.15, 0.2) is 4.34 Å². The van der Waals surface area contributed by atoms with Crippen LogP contribution in [0.15, 0.2) is 21.8 Å². The summed E-state index contributed by atoms with van der Waals surface area (Å²) in [5.74, 6) is 0.405. The van der Waals surface area contributed by atoms with E-state index in [9.17, 15) is 0 Å². The smallest absolute Gasteiger partial charge is 0.208 e. The summed E-state index contributed by atoms with van der Waals surface area (Å²) in [5, 5.41) is 9.66. The summed E-state index contributed by atoms with van der Waals surface area (Å²) in [6, 6.07) is 0. The zero-order valence-electron chi connectivity index (χ0n) is 8.78. The van der Waals surface area contributed by atoms with Crippen LogP contribution in [0.3, 0.4) is 0 Å². The van der Waals surface area contributed by atoms with E-state index in [-0.39, 0.29) is 0 Å². The van der Waals surface area contributed by atoms with E-state index in [2.05, 4.69) is 20.2 Å². The quantitative estimate of drug-likeness (QED) is 0.879. The summed E-state index contributed by atoms with van der Waals surface area (Å²) in [5.41, 5.74) is 5.54. The van der Waals surface area contributed by atoms with Crippen LogP contribution in [0.5, 0.6) is 0 Å². The monoisotopic (exact) mass is 254 g/mol. The molecule has 84 valence electrons. The van der Waals surface area contributed by atoms with Gasteiger partial charge in [0, 0.05) is 14.1 Å². The molecule has 8 heteroatoms. The molecule has 0 radical (unpaired) electrons. The molecule has 2 aromatic rings. The van der Waals surface area contributed by atoms with Crippen LogP contribution < -0.4 is 10.6 Å². The molecule has 0 bridgehead atoms. The Kier molecular flexibility index (Phi) is 3.20. The van der Waals surface area contributed by atoms with Gasteiger partial charge in [-0.1, -0.05) is 11.3 Å². The fraction of sp³-hybridized carbons (Fsp3) is 0.250. The lowest BCUT2D eigenvalue weighted by molar-refractivity contribution is 0.969. The van der Waals surface area contributed by atoms with Gasteiger partial charge in [-0.3, -0.25) is 4.98 Å². The van der Waals surface area contributed by atoms with E-state index in [0.29, 0.717) is 5.82 Å². The van der Waals surface area contributed by atoms with Crippen molar-refractivity contribution in [3.05, 3.63) is 12.4 Å². The molecule has 0 aliphatic heterocycles. The van der Waals surface area contributed by atoms with Gasteiger partial charge in [0.05, 0.1) is 12.4 Å². The third-order valence-electron chi connectivity index (χ3n) is 1.60. The Morgan fingerprint density at radius 3 is 2.75 bits per heavy atom. The van der Waals surface area contributed by atoms with Crippen molar-refractivity contribution < 1.29 is 0 Å².